The van der Waals surface area contributed by atoms with Gasteiger partial charge in [-0.2, -0.15) is 0 Å². The molecule has 10 heteroatoms. The molecule has 1 unspecified atom stereocenters. The molecule has 1 aliphatic rings. The van der Waals surface area contributed by atoms with Crippen LogP contribution in [0, 0.1) is 0 Å². The highest BCUT2D eigenvalue weighted by atomic mass is 32.1. The van der Waals surface area contributed by atoms with Gasteiger partial charge in [-0.25, -0.2) is 9.79 Å². The van der Waals surface area contributed by atoms with Gasteiger partial charge in [0.15, 0.2) is 16.3 Å². The molecule has 0 fully saturated rings. The lowest BCUT2D eigenvalue weighted by atomic mass is 9.95. The second-order valence-corrected chi connectivity index (χ2v) is 10.3. The summed E-state index contributed by atoms with van der Waals surface area (Å²) in [6.45, 7) is 7.19. The molecule has 0 aliphatic carbocycles. The molecule has 1 aromatic heterocycles. The number of thiazole rings is 1. The highest BCUT2D eigenvalue weighted by Gasteiger charge is 2.35. The Labute approximate surface area is 243 Å². The van der Waals surface area contributed by atoms with Gasteiger partial charge >= 0.3 is 5.97 Å². The van der Waals surface area contributed by atoms with Gasteiger partial charge in [0.25, 0.3) is 5.56 Å². The molecule has 0 radical (unpaired) electrons. The minimum atomic E-state index is -0.784. The third kappa shape index (κ3) is 6.71. The van der Waals surface area contributed by atoms with Crippen LogP contribution < -0.4 is 29.1 Å². The first kappa shape index (κ1) is 30.1. The standard InChI is InChI=1S/C31H36N2O7S/c1-6-8-15-39-24-14-13-21(18-25(24)38-7-2)19-26-29(34)33-28(22-11-9-10-12-23(22)37-5)27(20(3)32-31(33)41-26)30(35)40-17-16-36-4/h9-14,18-19,28H,6-8,15-17H2,1-5H3. The molecular weight excluding hydrogens is 544 g/mol. The van der Waals surface area contributed by atoms with E-state index in [2.05, 4.69) is 11.9 Å². The topological polar surface area (TPSA) is 97.6 Å². The van der Waals surface area contributed by atoms with Crippen LogP contribution in [0.4, 0.5) is 0 Å². The van der Waals surface area contributed by atoms with Crippen LogP contribution in [0.2, 0.25) is 0 Å². The SMILES string of the molecule is CCCCOc1ccc(C=c2sc3n(c2=O)C(c2ccccc2OC)C(C(=O)OCCOC)=C(C)N=3)cc1OCC. The van der Waals surface area contributed by atoms with E-state index in [1.165, 1.54) is 18.4 Å². The summed E-state index contributed by atoms with van der Waals surface area (Å²) in [5.41, 5.74) is 1.91. The number of para-hydroxylation sites is 1. The summed E-state index contributed by atoms with van der Waals surface area (Å²) in [5.74, 6) is 1.27. The molecule has 4 rings (SSSR count). The van der Waals surface area contributed by atoms with Crippen molar-refractivity contribution in [2.45, 2.75) is 39.7 Å². The van der Waals surface area contributed by atoms with Crippen LogP contribution >= 0.6 is 11.3 Å². The molecule has 0 bridgehead atoms. The van der Waals surface area contributed by atoms with Crippen LogP contribution in [0.3, 0.4) is 0 Å². The van der Waals surface area contributed by atoms with E-state index in [1.54, 1.807) is 30.7 Å². The van der Waals surface area contributed by atoms with Gasteiger partial charge in [-0.15, -0.1) is 0 Å². The van der Waals surface area contributed by atoms with Crippen molar-refractivity contribution in [3.8, 4) is 17.2 Å². The fourth-order valence-electron chi connectivity index (χ4n) is 4.54. The van der Waals surface area contributed by atoms with Gasteiger partial charge in [-0.3, -0.25) is 9.36 Å². The highest BCUT2D eigenvalue weighted by molar-refractivity contribution is 7.07. The van der Waals surface area contributed by atoms with E-state index in [0.717, 1.165) is 18.4 Å². The fourth-order valence-corrected chi connectivity index (χ4v) is 5.59. The van der Waals surface area contributed by atoms with E-state index < -0.39 is 12.0 Å². The number of rotatable bonds is 13. The Balaban J connectivity index is 1.83. The minimum Gasteiger partial charge on any atom is -0.496 e. The molecule has 1 atom stereocenters. The Hall–Kier alpha value is -3.89. The molecule has 218 valence electrons. The number of unbranched alkanes of at least 4 members (excludes halogenated alkanes) is 1. The van der Waals surface area contributed by atoms with Crippen molar-refractivity contribution in [2.75, 3.05) is 40.6 Å². The normalized spacial score (nSPS) is 14.9. The maximum absolute atomic E-state index is 14.0. The van der Waals surface area contributed by atoms with Gasteiger partial charge in [0, 0.05) is 12.7 Å². The Morgan fingerprint density at radius 2 is 1.83 bits per heavy atom. The summed E-state index contributed by atoms with van der Waals surface area (Å²) < 4.78 is 29.9. The first-order valence-corrected chi connectivity index (χ1v) is 14.5. The Morgan fingerprint density at radius 1 is 1.02 bits per heavy atom. The summed E-state index contributed by atoms with van der Waals surface area (Å²) in [5, 5.41) is 0. The molecule has 0 saturated carbocycles. The summed E-state index contributed by atoms with van der Waals surface area (Å²) in [6.07, 6.45) is 3.78. The van der Waals surface area contributed by atoms with E-state index in [9.17, 15) is 9.59 Å². The maximum Gasteiger partial charge on any atom is 0.338 e. The second kappa shape index (κ2) is 14.1. The predicted molar refractivity (Wildman–Crippen MR) is 158 cm³/mol. The van der Waals surface area contributed by atoms with E-state index in [1.807, 2.05) is 43.3 Å². The summed E-state index contributed by atoms with van der Waals surface area (Å²) in [6, 6.07) is 12.2. The van der Waals surface area contributed by atoms with Crippen molar-refractivity contribution in [3.05, 3.63) is 84.5 Å². The van der Waals surface area contributed by atoms with Crippen LogP contribution in [-0.4, -0.2) is 51.2 Å². The molecule has 0 saturated heterocycles. The van der Waals surface area contributed by atoms with E-state index >= 15 is 0 Å². The zero-order chi connectivity index (χ0) is 29.4. The number of benzene rings is 2. The number of nitrogens with zero attached hydrogens (tertiary/aromatic N) is 2. The average Bonchev–Trinajstić information content (AvgIpc) is 3.27. The molecular formula is C31H36N2O7S. The van der Waals surface area contributed by atoms with Crippen LogP contribution in [0.25, 0.3) is 6.08 Å². The number of carbonyl (C=O) groups excluding carboxylic acids is 1. The number of aromatic nitrogens is 1. The van der Waals surface area contributed by atoms with Crippen LogP contribution in [0.15, 0.2) is 63.5 Å². The monoisotopic (exact) mass is 580 g/mol. The molecule has 0 amide bonds. The second-order valence-electron chi connectivity index (χ2n) is 9.29. The molecule has 2 heterocycles. The summed E-state index contributed by atoms with van der Waals surface area (Å²) in [7, 11) is 3.09. The molecule has 2 aromatic carbocycles. The zero-order valence-corrected chi connectivity index (χ0v) is 24.9. The van der Waals surface area contributed by atoms with Crippen molar-refractivity contribution >= 4 is 23.4 Å². The van der Waals surface area contributed by atoms with Crippen molar-refractivity contribution in [3.63, 3.8) is 0 Å². The van der Waals surface area contributed by atoms with Crippen molar-refractivity contribution in [1.29, 1.82) is 0 Å². The van der Waals surface area contributed by atoms with Crippen molar-refractivity contribution < 1.29 is 28.5 Å². The van der Waals surface area contributed by atoms with E-state index in [0.29, 0.717) is 51.1 Å². The van der Waals surface area contributed by atoms with Crippen molar-refractivity contribution in [1.82, 2.24) is 4.57 Å². The number of fused-ring (bicyclic) bond motifs is 1. The van der Waals surface area contributed by atoms with E-state index in [-0.39, 0.29) is 24.3 Å². The lowest BCUT2D eigenvalue weighted by molar-refractivity contribution is -0.140. The van der Waals surface area contributed by atoms with Gasteiger partial charge < -0.3 is 23.7 Å². The summed E-state index contributed by atoms with van der Waals surface area (Å²) in [4.78, 5) is 32.4. The third-order valence-electron chi connectivity index (χ3n) is 6.52. The molecule has 3 aromatic rings. The highest BCUT2D eigenvalue weighted by Crippen LogP contribution is 2.35. The van der Waals surface area contributed by atoms with Gasteiger partial charge in [-0.05, 0) is 50.1 Å². The van der Waals surface area contributed by atoms with Crippen LogP contribution in [-0.2, 0) is 14.3 Å². The average molecular weight is 581 g/mol. The first-order valence-electron chi connectivity index (χ1n) is 13.6. The van der Waals surface area contributed by atoms with Crippen LogP contribution in [0.5, 0.6) is 17.2 Å². The number of hydrogen-bond donors (Lipinski definition) is 0. The lowest BCUT2D eigenvalue weighted by Gasteiger charge is -2.26. The summed E-state index contributed by atoms with van der Waals surface area (Å²) >= 11 is 1.26. The molecule has 9 nitrogen and oxygen atoms in total. The van der Waals surface area contributed by atoms with Gasteiger partial charge in [0.2, 0.25) is 0 Å². The number of allylic oxidation sites excluding steroid dienone is 1. The van der Waals surface area contributed by atoms with Gasteiger partial charge in [-0.1, -0.05) is 48.9 Å². The molecule has 41 heavy (non-hydrogen) atoms. The molecule has 0 spiro atoms. The Bertz CT molecular complexity index is 1590. The number of esters is 1. The largest absolute Gasteiger partial charge is 0.496 e. The molecule has 0 N–H and O–H groups in total. The number of carbonyl (C=O) groups is 1. The zero-order valence-electron chi connectivity index (χ0n) is 24.1. The third-order valence-corrected chi connectivity index (χ3v) is 7.50. The predicted octanol–water partition coefficient (Wildman–Crippen LogP) is 4.01. The quantitative estimate of drug-likeness (QED) is 0.223. The minimum absolute atomic E-state index is 0.0789. The lowest BCUT2D eigenvalue weighted by Crippen LogP contribution is -2.40. The number of ether oxygens (including phenoxy) is 5. The Kier molecular flexibility index (Phi) is 10.4. The Morgan fingerprint density at radius 3 is 2.56 bits per heavy atom. The van der Waals surface area contributed by atoms with E-state index in [4.69, 9.17) is 23.7 Å². The fraction of sp³-hybridized carbons (Fsp3) is 0.387. The number of methoxy groups -OCH3 is 2. The molecule has 1 aliphatic heterocycles. The van der Waals surface area contributed by atoms with Gasteiger partial charge in [0.05, 0.1) is 42.7 Å². The first-order chi connectivity index (χ1) is 19.9. The number of hydrogen-bond acceptors (Lipinski definition) is 9. The smallest absolute Gasteiger partial charge is 0.338 e. The van der Waals surface area contributed by atoms with Gasteiger partial charge in [0.1, 0.15) is 18.4 Å². The van der Waals surface area contributed by atoms with Crippen LogP contribution in [0.1, 0.15) is 50.8 Å². The van der Waals surface area contributed by atoms with Crippen molar-refractivity contribution in [2.24, 2.45) is 4.99 Å². The maximum atomic E-state index is 14.0.